The minimum atomic E-state index is 0.0199. The first kappa shape index (κ1) is 16.9. The lowest BCUT2D eigenvalue weighted by molar-refractivity contribution is 0.638. The largest absolute Gasteiger partial charge is 0.339 e. The molecule has 31 heavy (non-hydrogen) atoms. The molecular weight excluding hydrogens is 408 g/mol. The third-order valence-corrected chi connectivity index (χ3v) is 6.73. The topological polar surface area (TPSA) is 88.2 Å². The van der Waals surface area contributed by atoms with Gasteiger partial charge in [0, 0.05) is 43.7 Å². The Labute approximate surface area is 180 Å². The molecule has 1 aliphatic rings. The predicted molar refractivity (Wildman–Crippen MR) is 118 cm³/mol. The second-order valence-corrected chi connectivity index (χ2v) is 8.55. The van der Waals surface area contributed by atoms with Crippen molar-refractivity contribution in [1.29, 1.82) is 0 Å². The molecule has 0 fully saturated rings. The van der Waals surface area contributed by atoms with Gasteiger partial charge >= 0.3 is 0 Å². The van der Waals surface area contributed by atoms with E-state index in [-0.39, 0.29) is 6.04 Å². The van der Waals surface area contributed by atoms with Gasteiger partial charge in [-0.3, -0.25) is 14.7 Å². The molecule has 6 heterocycles. The summed E-state index contributed by atoms with van der Waals surface area (Å²) in [6.45, 7) is 0.832. The van der Waals surface area contributed by atoms with Crippen molar-refractivity contribution in [2.24, 2.45) is 0 Å². The van der Waals surface area contributed by atoms with Crippen molar-refractivity contribution in [3.05, 3.63) is 84.6 Å². The van der Waals surface area contributed by atoms with E-state index in [1.165, 1.54) is 11.1 Å². The number of aromatic nitrogens is 7. The lowest BCUT2D eigenvalue weighted by Crippen LogP contribution is -2.14. The minimum absolute atomic E-state index is 0.0199. The molecule has 2 N–H and O–H groups in total. The maximum absolute atomic E-state index is 5.05. The molecule has 7 rings (SSSR count). The van der Waals surface area contributed by atoms with Gasteiger partial charge in [-0.1, -0.05) is 35.6 Å². The third-order valence-electron chi connectivity index (χ3n) is 5.70. The molecule has 1 unspecified atom stereocenters. The Balaban J connectivity index is 1.43. The smallest absolute Gasteiger partial charge is 0.194 e. The number of hydrogen-bond acceptors (Lipinski definition) is 6. The molecule has 1 atom stereocenters. The van der Waals surface area contributed by atoms with Crippen LogP contribution in [-0.4, -0.2) is 33.7 Å². The van der Waals surface area contributed by atoms with Gasteiger partial charge in [-0.15, -0.1) is 0 Å². The van der Waals surface area contributed by atoms with Crippen LogP contribution in [0, 0.1) is 0 Å². The number of aromatic amines is 1. The first-order valence-electron chi connectivity index (χ1n) is 9.96. The standard InChI is InChI=1S/C22H16N8S/c1-2-4-14-13(3-1)9-25-18(14)21-27-19(15-11-29-7-5-23-10-17(29)26-15)20(28-21)16-12-30-8-6-24-22(30)31-16/h1-8,10-12,18,25H,9H2,(H,27,28). The Hall–Kier alpha value is -3.82. The summed E-state index contributed by atoms with van der Waals surface area (Å²) in [5.74, 6) is 0.885. The van der Waals surface area contributed by atoms with E-state index in [1.807, 2.05) is 33.6 Å². The van der Waals surface area contributed by atoms with Gasteiger partial charge < -0.3 is 9.38 Å². The number of rotatable bonds is 3. The highest BCUT2D eigenvalue weighted by molar-refractivity contribution is 7.20. The molecule has 1 aromatic carbocycles. The molecule has 0 aliphatic carbocycles. The maximum Gasteiger partial charge on any atom is 0.194 e. The zero-order valence-electron chi connectivity index (χ0n) is 16.2. The fourth-order valence-electron chi connectivity index (χ4n) is 4.23. The van der Waals surface area contributed by atoms with Gasteiger partial charge in [0.1, 0.15) is 17.2 Å². The Kier molecular flexibility index (Phi) is 3.46. The second kappa shape index (κ2) is 6.34. The van der Waals surface area contributed by atoms with Crippen LogP contribution >= 0.6 is 11.3 Å². The zero-order chi connectivity index (χ0) is 20.4. The van der Waals surface area contributed by atoms with Crippen LogP contribution in [0.2, 0.25) is 0 Å². The maximum atomic E-state index is 5.05. The van der Waals surface area contributed by atoms with E-state index in [2.05, 4.69) is 50.7 Å². The van der Waals surface area contributed by atoms with Crippen molar-refractivity contribution in [2.75, 3.05) is 0 Å². The van der Waals surface area contributed by atoms with Gasteiger partial charge in [-0.2, -0.15) is 0 Å². The van der Waals surface area contributed by atoms with E-state index in [0.29, 0.717) is 0 Å². The number of benzene rings is 1. The number of nitrogens with one attached hydrogen (secondary N) is 2. The van der Waals surface area contributed by atoms with Crippen LogP contribution in [-0.2, 0) is 6.54 Å². The predicted octanol–water partition coefficient (Wildman–Crippen LogP) is 3.69. The van der Waals surface area contributed by atoms with Gasteiger partial charge in [-0.05, 0) is 11.1 Å². The molecule has 0 amide bonds. The second-order valence-electron chi connectivity index (χ2n) is 7.54. The summed E-state index contributed by atoms with van der Waals surface area (Å²) in [5, 5.41) is 3.59. The van der Waals surface area contributed by atoms with E-state index < -0.39 is 0 Å². The molecule has 0 spiro atoms. The monoisotopic (exact) mass is 424 g/mol. The molecule has 8 nitrogen and oxygen atoms in total. The minimum Gasteiger partial charge on any atom is -0.339 e. The summed E-state index contributed by atoms with van der Waals surface area (Å²) in [4.78, 5) is 24.1. The Morgan fingerprint density at radius 3 is 2.90 bits per heavy atom. The fourth-order valence-corrected chi connectivity index (χ4v) is 5.18. The van der Waals surface area contributed by atoms with Gasteiger partial charge in [0.15, 0.2) is 10.6 Å². The summed E-state index contributed by atoms with van der Waals surface area (Å²) in [7, 11) is 0. The first-order valence-corrected chi connectivity index (χ1v) is 10.8. The van der Waals surface area contributed by atoms with Gasteiger partial charge in [-0.25, -0.2) is 15.0 Å². The van der Waals surface area contributed by atoms with E-state index in [1.54, 1.807) is 23.7 Å². The molecule has 1 aliphatic heterocycles. The van der Waals surface area contributed by atoms with Crippen molar-refractivity contribution in [1.82, 2.24) is 39.0 Å². The molecule has 5 aromatic heterocycles. The number of nitrogens with zero attached hydrogens (tertiary/aromatic N) is 6. The first-order chi connectivity index (χ1) is 15.3. The molecule has 0 saturated heterocycles. The number of hydrogen-bond donors (Lipinski definition) is 2. The van der Waals surface area contributed by atoms with E-state index >= 15 is 0 Å². The van der Waals surface area contributed by atoms with Crippen molar-refractivity contribution in [3.8, 4) is 22.0 Å². The summed E-state index contributed by atoms with van der Waals surface area (Å²) in [6.07, 6.45) is 13.2. The third kappa shape index (κ3) is 2.57. The van der Waals surface area contributed by atoms with Crippen molar-refractivity contribution in [2.45, 2.75) is 12.6 Å². The van der Waals surface area contributed by atoms with Crippen molar-refractivity contribution in [3.63, 3.8) is 0 Å². The van der Waals surface area contributed by atoms with Crippen LogP contribution in [0.4, 0.5) is 0 Å². The van der Waals surface area contributed by atoms with Crippen LogP contribution in [0.5, 0.6) is 0 Å². The number of fused-ring (bicyclic) bond motifs is 3. The highest BCUT2D eigenvalue weighted by atomic mass is 32.1. The van der Waals surface area contributed by atoms with E-state index in [4.69, 9.17) is 9.97 Å². The summed E-state index contributed by atoms with van der Waals surface area (Å²) < 4.78 is 3.99. The van der Waals surface area contributed by atoms with Gasteiger partial charge in [0.2, 0.25) is 0 Å². The average molecular weight is 424 g/mol. The van der Waals surface area contributed by atoms with Crippen LogP contribution < -0.4 is 5.32 Å². The van der Waals surface area contributed by atoms with Crippen LogP contribution in [0.3, 0.4) is 0 Å². The Bertz CT molecular complexity index is 1510. The molecule has 150 valence electrons. The number of imidazole rings is 3. The summed E-state index contributed by atoms with van der Waals surface area (Å²) in [5.41, 5.74) is 5.94. The lowest BCUT2D eigenvalue weighted by Gasteiger charge is -2.08. The highest BCUT2D eigenvalue weighted by Crippen LogP contribution is 2.37. The molecule has 9 heteroatoms. The average Bonchev–Trinajstić information content (AvgIpc) is 3.59. The van der Waals surface area contributed by atoms with Gasteiger partial charge in [0.05, 0.1) is 22.8 Å². The Morgan fingerprint density at radius 1 is 1.03 bits per heavy atom. The van der Waals surface area contributed by atoms with Crippen LogP contribution in [0.15, 0.2) is 67.6 Å². The lowest BCUT2D eigenvalue weighted by atomic mass is 10.1. The summed E-state index contributed by atoms with van der Waals surface area (Å²) >= 11 is 1.63. The molecule has 6 aromatic rings. The van der Waals surface area contributed by atoms with Crippen molar-refractivity contribution < 1.29 is 0 Å². The Morgan fingerprint density at radius 2 is 1.97 bits per heavy atom. The fraction of sp³-hybridized carbons (Fsp3) is 0.0909. The molecule has 0 saturated carbocycles. The van der Waals surface area contributed by atoms with Crippen LogP contribution in [0.1, 0.15) is 23.0 Å². The molecule has 0 radical (unpaired) electrons. The van der Waals surface area contributed by atoms with E-state index in [9.17, 15) is 0 Å². The van der Waals surface area contributed by atoms with Gasteiger partial charge in [0.25, 0.3) is 0 Å². The molecule has 0 bridgehead atoms. The molecular formula is C22H16N8S. The SMILES string of the molecule is c1ccc2c(c1)CNC2c1nc(-c2cn3ccncc3n2)c(-c2cn3ccnc3s2)[nH]1. The number of thiazole rings is 1. The zero-order valence-corrected chi connectivity index (χ0v) is 17.0. The van der Waals surface area contributed by atoms with E-state index in [0.717, 1.165) is 44.9 Å². The highest BCUT2D eigenvalue weighted by Gasteiger charge is 2.28. The quantitative estimate of drug-likeness (QED) is 0.452. The summed E-state index contributed by atoms with van der Waals surface area (Å²) in [6, 6.07) is 8.50. The number of H-pyrrole nitrogens is 1. The normalized spacial score (nSPS) is 15.8. The van der Waals surface area contributed by atoms with Crippen LogP contribution in [0.25, 0.3) is 32.6 Å². The van der Waals surface area contributed by atoms with Crippen molar-refractivity contribution >= 4 is 21.9 Å².